The molecule has 26 heavy (non-hydrogen) atoms. The fraction of sp³-hybridized carbons (Fsp3) is 0.105. The van der Waals surface area contributed by atoms with Gasteiger partial charge in [-0.2, -0.15) is 0 Å². The Kier molecular flexibility index (Phi) is 6.99. The van der Waals surface area contributed by atoms with Gasteiger partial charge in [0.2, 0.25) is 0 Å². The number of methoxy groups -OCH3 is 2. The van der Waals surface area contributed by atoms with E-state index in [2.05, 4.69) is 4.99 Å². The third-order valence-corrected chi connectivity index (χ3v) is 4.18. The van der Waals surface area contributed by atoms with Crippen molar-refractivity contribution < 1.29 is 9.47 Å². The molecule has 7 heteroatoms. The van der Waals surface area contributed by atoms with Gasteiger partial charge in [0, 0.05) is 5.56 Å². The number of hydrogen-bond acceptors (Lipinski definition) is 5. The molecule has 0 bridgehead atoms. The van der Waals surface area contributed by atoms with Gasteiger partial charge in [0.1, 0.15) is 17.3 Å². The van der Waals surface area contributed by atoms with Crippen LogP contribution in [0.2, 0.25) is 0 Å². The summed E-state index contributed by atoms with van der Waals surface area (Å²) >= 11 is 1.21. The molecule has 0 aliphatic rings. The van der Waals surface area contributed by atoms with Crippen LogP contribution in [-0.2, 0) is 0 Å². The number of amidine groups is 2. The Hall–Kier alpha value is -3.06. The highest BCUT2D eigenvalue weighted by Gasteiger charge is 2.07. The second kappa shape index (κ2) is 9.43. The molecule has 0 amide bonds. The Morgan fingerprint density at radius 3 is 2.42 bits per heavy atom. The molecule has 0 aliphatic heterocycles. The van der Waals surface area contributed by atoms with E-state index in [-0.39, 0.29) is 16.7 Å². The standard InChI is InChI=1S/C19H20N4O2S/c1-24-14-8-9-15(25-2)16(12-14)26-18(21)11-10-17(20)23-19(22)13-6-4-3-5-7-13/h3-12,21H,1-2H3,(H3,20,22,23)/b11-10-,21-18?. The van der Waals surface area contributed by atoms with Gasteiger partial charge in [-0.25, -0.2) is 4.99 Å². The van der Waals surface area contributed by atoms with Crippen LogP contribution in [0.1, 0.15) is 5.56 Å². The maximum absolute atomic E-state index is 8.08. The molecule has 2 aromatic rings. The normalized spacial score (nSPS) is 11.4. The first-order chi connectivity index (χ1) is 12.5. The summed E-state index contributed by atoms with van der Waals surface area (Å²) in [6.45, 7) is 0. The lowest BCUT2D eigenvalue weighted by Crippen LogP contribution is -2.11. The maximum atomic E-state index is 8.08. The molecule has 0 saturated heterocycles. The number of nitrogens with zero attached hydrogens (tertiary/aromatic N) is 1. The summed E-state index contributed by atoms with van der Waals surface area (Å²) < 4.78 is 10.5. The molecule has 0 saturated carbocycles. The summed E-state index contributed by atoms with van der Waals surface area (Å²) in [5.74, 6) is 1.56. The van der Waals surface area contributed by atoms with Gasteiger partial charge in [-0.05, 0) is 30.4 Å². The summed E-state index contributed by atoms with van der Waals surface area (Å²) in [6, 6.07) is 14.5. The van der Waals surface area contributed by atoms with Gasteiger partial charge in [0.15, 0.2) is 5.84 Å². The molecule has 134 valence electrons. The average molecular weight is 368 g/mol. The number of rotatable bonds is 6. The summed E-state index contributed by atoms with van der Waals surface area (Å²) in [5.41, 5.74) is 6.50. The minimum atomic E-state index is 0.0707. The first-order valence-corrected chi connectivity index (χ1v) is 8.49. The summed E-state index contributed by atoms with van der Waals surface area (Å²) in [5, 5.41) is 16.3. The van der Waals surface area contributed by atoms with Crippen molar-refractivity contribution in [2.24, 2.45) is 10.7 Å². The largest absolute Gasteiger partial charge is 0.497 e. The van der Waals surface area contributed by atoms with E-state index < -0.39 is 0 Å². The summed E-state index contributed by atoms with van der Waals surface area (Å²) in [6.07, 6.45) is 3.03. The number of thioether (sulfide) groups is 1. The summed E-state index contributed by atoms with van der Waals surface area (Å²) in [4.78, 5) is 4.79. The predicted molar refractivity (Wildman–Crippen MR) is 107 cm³/mol. The zero-order chi connectivity index (χ0) is 18.9. The molecule has 0 fully saturated rings. The topological polar surface area (TPSA) is 105 Å². The summed E-state index contributed by atoms with van der Waals surface area (Å²) in [7, 11) is 3.16. The van der Waals surface area contributed by atoms with Crippen molar-refractivity contribution in [3.63, 3.8) is 0 Å². The Labute approximate surface area is 156 Å². The van der Waals surface area contributed by atoms with Crippen LogP contribution in [0.15, 0.2) is 70.6 Å². The van der Waals surface area contributed by atoms with E-state index >= 15 is 0 Å². The fourth-order valence-corrected chi connectivity index (χ4v) is 2.80. The highest BCUT2D eigenvalue weighted by atomic mass is 32.2. The SMILES string of the molecule is COc1ccc(OC)c(SC(=N)/C=C\C(N)=NC(=N)c2ccccc2)c1. The van der Waals surface area contributed by atoms with Crippen molar-refractivity contribution in [3.8, 4) is 11.5 Å². The van der Waals surface area contributed by atoms with Crippen molar-refractivity contribution in [1.29, 1.82) is 10.8 Å². The lowest BCUT2D eigenvalue weighted by atomic mass is 10.2. The highest BCUT2D eigenvalue weighted by Crippen LogP contribution is 2.33. The van der Waals surface area contributed by atoms with E-state index in [9.17, 15) is 0 Å². The third kappa shape index (κ3) is 5.49. The Morgan fingerprint density at radius 1 is 1.04 bits per heavy atom. The number of nitrogens with two attached hydrogens (primary N) is 1. The minimum Gasteiger partial charge on any atom is -0.497 e. The van der Waals surface area contributed by atoms with Gasteiger partial charge >= 0.3 is 0 Å². The lowest BCUT2D eigenvalue weighted by Gasteiger charge is -2.09. The van der Waals surface area contributed by atoms with Crippen LogP contribution >= 0.6 is 11.8 Å². The molecule has 0 radical (unpaired) electrons. The van der Waals surface area contributed by atoms with Crippen LogP contribution in [0.25, 0.3) is 0 Å². The van der Waals surface area contributed by atoms with Crippen LogP contribution in [0.4, 0.5) is 0 Å². The van der Waals surface area contributed by atoms with E-state index in [0.717, 1.165) is 4.90 Å². The monoisotopic (exact) mass is 368 g/mol. The Balaban J connectivity index is 2.05. The molecule has 6 nitrogen and oxygen atoms in total. The molecular weight excluding hydrogens is 348 g/mol. The smallest absolute Gasteiger partial charge is 0.154 e. The van der Waals surface area contributed by atoms with Crippen molar-refractivity contribution in [3.05, 3.63) is 66.2 Å². The molecule has 0 atom stereocenters. The fourth-order valence-electron chi connectivity index (χ4n) is 2.00. The van der Waals surface area contributed by atoms with Gasteiger partial charge in [0.25, 0.3) is 0 Å². The maximum Gasteiger partial charge on any atom is 0.154 e. The Bertz CT molecular complexity index is 848. The van der Waals surface area contributed by atoms with Crippen LogP contribution in [0.3, 0.4) is 0 Å². The van der Waals surface area contributed by atoms with Crippen molar-refractivity contribution in [2.45, 2.75) is 4.90 Å². The number of nitrogens with one attached hydrogen (secondary N) is 2. The van der Waals surface area contributed by atoms with Crippen LogP contribution in [0.5, 0.6) is 11.5 Å². The second-order valence-electron chi connectivity index (χ2n) is 5.07. The quantitative estimate of drug-likeness (QED) is 0.411. The highest BCUT2D eigenvalue weighted by molar-refractivity contribution is 8.14. The average Bonchev–Trinajstić information content (AvgIpc) is 2.67. The molecule has 4 N–H and O–H groups in total. The lowest BCUT2D eigenvalue weighted by molar-refractivity contribution is 0.394. The first-order valence-electron chi connectivity index (χ1n) is 7.68. The van der Waals surface area contributed by atoms with Gasteiger partial charge in [-0.3, -0.25) is 10.8 Å². The molecule has 0 unspecified atom stereocenters. The zero-order valence-electron chi connectivity index (χ0n) is 14.5. The number of ether oxygens (including phenoxy) is 2. The molecule has 2 rings (SSSR count). The second-order valence-corrected chi connectivity index (χ2v) is 6.15. The van der Waals surface area contributed by atoms with Crippen molar-refractivity contribution >= 4 is 28.5 Å². The predicted octanol–water partition coefficient (Wildman–Crippen LogP) is 3.71. The van der Waals surface area contributed by atoms with E-state index in [1.807, 2.05) is 18.2 Å². The Morgan fingerprint density at radius 2 is 1.77 bits per heavy atom. The zero-order valence-corrected chi connectivity index (χ0v) is 15.3. The number of hydrogen-bond donors (Lipinski definition) is 3. The third-order valence-electron chi connectivity index (χ3n) is 3.28. The van der Waals surface area contributed by atoms with Crippen LogP contribution < -0.4 is 15.2 Å². The van der Waals surface area contributed by atoms with Crippen LogP contribution in [0, 0.1) is 10.8 Å². The number of aliphatic imine (C=N–C) groups is 1. The molecule has 2 aromatic carbocycles. The minimum absolute atomic E-state index is 0.0707. The van der Waals surface area contributed by atoms with E-state index in [1.54, 1.807) is 44.6 Å². The van der Waals surface area contributed by atoms with Crippen molar-refractivity contribution in [1.82, 2.24) is 0 Å². The van der Waals surface area contributed by atoms with Gasteiger partial charge in [0.05, 0.1) is 24.2 Å². The number of benzene rings is 2. The molecule has 0 spiro atoms. The molecule has 0 aromatic heterocycles. The van der Waals surface area contributed by atoms with Gasteiger partial charge in [-0.1, -0.05) is 42.1 Å². The molecule has 0 aliphatic carbocycles. The van der Waals surface area contributed by atoms with Crippen LogP contribution in [-0.4, -0.2) is 30.9 Å². The molecular formula is C19H20N4O2S. The van der Waals surface area contributed by atoms with E-state index in [1.165, 1.54) is 23.9 Å². The van der Waals surface area contributed by atoms with Gasteiger partial charge < -0.3 is 15.2 Å². The molecule has 0 heterocycles. The van der Waals surface area contributed by atoms with Gasteiger partial charge in [-0.15, -0.1) is 0 Å². The van der Waals surface area contributed by atoms with E-state index in [4.69, 9.17) is 26.0 Å². The first kappa shape index (κ1) is 19.3. The van der Waals surface area contributed by atoms with Crippen molar-refractivity contribution in [2.75, 3.05) is 14.2 Å². The van der Waals surface area contributed by atoms with E-state index in [0.29, 0.717) is 17.1 Å².